The first kappa shape index (κ1) is 18.7. The van der Waals surface area contributed by atoms with Crippen LogP contribution in [0.2, 0.25) is 0 Å². The maximum absolute atomic E-state index is 12.2. The van der Waals surface area contributed by atoms with Crippen LogP contribution in [0.1, 0.15) is 29.5 Å². The fourth-order valence-electron chi connectivity index (χ4n) is 2.75. The lowest BCUT2D eigenvalue weighted by atomic mass is 10.2. The highest BCUT2D eigenvalue weighted by molar-refractivity contribution is 5.97. The number of carbonyl (C=O) groups is 2. The highest BCUT2D eigenvalue weighted by Gasteiger charge is 2.32. The zero-order chi connectivity index (χ0) is 19.2. The summed E-state index contributed by atoms with van der Waals surface area (Å²) in [6, 6.07) is 0. The zero-order valence-electron chi connectivity index (χ0n) is 15.0. The van der Waals surface area contributed by atoms with Gasteiger partial charge >= 0.3 is 6.09 Å². The number of hydrogen-bond acceptors (Lipinski definition) is 6. The van der Waals surface area contributed by atoms with Crippen LogP contribution in [0.25, 0.3) is 0 Å². The molecule has 0 radical (unpaired) electrons. The van der Waals surface area contributed by atoms with Crippen molar-refractivity contribution in [1.29, 1.82) is 0 Å². The van der Waals surface area contributed by atoms with Crippen LogP contribution in [0, 0.1) is 0 Å². The van der Waals surface area contributed by atoms with Crippen molar-refractivity contribution in [3.63, 3.8) is 0 Å². The van der Waals surface area contributed by atoms with Crippen LogP contribution in [0.15, 0.2) is 40.9 Å². The summed E-state index contributed by atoms with van der Waals surface area (Å²) in [5.74, 6) is 0.550. The molecule has 27 heavy (non-hydrogen) atoms. The van der Waals surface area contributed by atoms with Crippen molar-refractivity contribution < 1.29 is 19.4 Å². The Hall–Kier alpha value is -3.07. The van der Waals surface area contributed by atoms with Crippen molar-refractivity contribution in [3.8, 4) is 0 Å². The van der Waals surface area contributed by atoms with Crippen molar-refractivity contribution in [2.45, 2.75) is 19.9 Å². The van der Waals surface area contributed by atoms with E-state index in [2.05, 4.69) is 21.0 Å². The maximum Gasteiger partial charge on any atom is 0.407 e. The topological polar surface area (TPSA) is 108 Å². The Bertz CT molecular complexity index is 812. The minimum atomic E-state index is -0.849. The molecule has 0 aromatic carbocycles. The van der Waals surface area contributed by atoms with Gasteiger partial charge in [-0.1, -0.05) is 6.08 Å². The number of hydrogen-bond donors (Lipinski definition) is 1. The Balaban J connectivity index is 0.000000197. The molecule has 1 aromatic rings. The molecule has 1 N–H and O–H groups in total. The summed E-state index contributed by atoms with van der Waals surface area (Å²) in [5.41, 5.74) is 2.25. The molecule has 0 bridgehead atoms. The van der Waals surface area contributed by atoms with Gasteiger partial charge in [0.1, 0.15) is 5.82 Å². The summed E-state index contributed by atoms with van der Waals surface area (Å²) in [6.07, 6.45) is 8.86. The Labute approximate surface area is 156 Å². The fourth-order valence-corrected chi connectivity index (χ4v) is 2.75. The molecular weight excluding hydrogens is 350 g/mol. The SMILES string of the molecule is CC1=CCC=C(N2Cc3nccnc3C2=O)N=C1.O=C(O)N1CCOCC1. The molecule has 1 aromatic heterocycles. The van der Waals surface area contributed by atoms with Gasteiger partial charge in [-0.3, -0.25) is 14.7 Å². The van der Waals surface area contributed by atoms with Crippen LogP contribution in [-0.4, -0.2) is 69.4 Å². The summed E-state index contributed by atoms with van der Waals surface area (Å²) >= 11 is 0. The third kappa shape index (κ3) is 4.56. The van der Waals surface area contributed by atoms with Crippen molar-refractivity contribution in [2.75, 3.05) is 26.3 Å². The van der Waals surface area contributed by atoms with Gasteiger partial charge in [0.25, 0.3) is 5.91 Å². The second-order valence-corrected chi connectivity index (χ2v) is 6.13. The lowest BCUT2D eigenvalue weighted by Crippen LogP contribution is -2.39. The Kier molecular flexibility index (Phi) is 5.92. The minimum Gasteiger partial charge on any atom is -0.465 e. The number of amides is 2. The first-order valence-corrected chi connectivity index (χ1v) is 8.64. The van der Waals surface area contributed by atoms with E-state index in [4.69, 9.17) is 9.84 Å². The molecule has 0 saturated carbocycles. The number of morpholine rings is 1. The molecule has 4 rings (SSSR count). The van der Waals surface area contributed by atoms with E-state index in [-0.39, 0.29) is 5.91 Å². The van der Waals surface area contributed by atoms with Gasteiger partial charge in [0.2, 0.25) is 0 Å². The molecule has 0 aliphatic carbocycles. The molecule has 3 aliphatic heterocycles. The first-order valence-electron chi connectivity index (χ1n) is 8.64. The van der Waals surface area contributed by atoms with E-state index in [0.29, 0.717) is 50.1 Å². The lowest BCUT2D eigenvalue weighted by molar-refractivity contribution is 0.0392. The van der Waals surface area contributed by atoms with Crippen LogP contribution in [-0.2, 0) is 11.3 Å². The number of fused-ring (bicyclic) bond motifs is 1. The number of aromatic nitrogens is 2. The van der Waals surface area contributed by atoms with E-state index in [1.807, 2.05) is 13.0 Å². The van der Waals surface area contributed by atoms with E-state index >= 15 is 0 Å². The van der Waals surface area contributed by atoms with E-state index in [1.54, 1.807) is 17.3 Å². The van der Waals surface area contributed by atoms with Crippen molar-refractivity contribution in [3.05, 3.63) is 47.3 Å². The fraction of sp³-hybridized carbons (Fsp3) is 0.389. The molecule has 2 amide bonds. The van der Waals surface area contributed by atoms with Gasteiger partial charge in [-0.15, -0.1) is 0 Å². The zero-order valence-corrected chi connectivity index (χ0v) is 15.0. The number of ether oxygens (including phenoxy) is 1. The molecule has 1 saturated heterocycles. The molecule has 1 fully saturated rings. The quantitative estimate of drug-likeness (QED) is 0.805. The third-order valence-electron chi connectivity index (χ3n) is 4.23. The van der Waals surface area contributed by atoms with E-state index in [0.717, 1.165) is 12.0 Å². The number of rotatable bonds is 1. The predicted molar refractivity (Wildman–Crippen MR) is 97.3 cm³/mol. The second-order valence-electron chi connectivity index (χ2n) is 6.13. The van der Waals surface area contributed by atoms with Crippen LogP contribution in [0.3, 0.4) is 0 Å². The molecule has 0 atom stereocenters. The standard InChI is InChI=1S/C13H12N4O.C5H9NO3/c1-9-3-2-4-11(16-7-9)17-8-10-12(13(17)18)15-6-5-14-10;7-5(8)6-1-3-9-4-2-6/h3-7H,2,8H2,1H3;1-4H2,(H,7,8). The lowest BCUT2D eigenvalue weighted by Gasteiger charge is -2.23. The van der Waals surface area contributed by atoms with Gasteiger partial charge in [0, 0.05) is 31.7 Å². The summed E-state index contributed by atoms with van der Waals surface area (Å²) < 4.78 is 4.94. The number of carboxylic acid groups (broad SMARTS) is 1. The largest absolute Gasteiger partial charge is 0.465 e. The highest BCUT2D eigenvalue weighted by atomic mass is 16.5. The van der Waals surface area contributed by atoms with Gasteiger partial charge < -0.3 is 14.7 Å². The van der Waals surface area contributed by atoms with E-state index in [9.17, 15) is 9.59 Å². The highest BCUT2D eigenvalue weighted by Crippen LogP contribution is 2.24. The van der Waals surface area contributed by atoms with Crippen molar-refractivity contribution >= 4 is 18.2 Å². The van der Waals surface area contributed by atoms with Gasteiger partial charge in [0.15, 0.2) is 5.69 Å². The average Bonchev–Trinajstić information content (AvgIpc) is 2.87. The number of nitrogens with zero attached hydrogens (tertiary/aromatic N) is 5. The summed E-state index contributed by atoms with van der Waals surface area (Å²) in [6.45, 7) is 4.53. The Morgan fingerprint density at radius 3 is 2.59 bits per heavy atom. The number of carbonyl (C=O) groups excluding carboxylic acids is 1. The molecular formula is C18H21N5O4. The molecule has 9 nitrogen and oxygen atoms in total. The van der Waals surface area contributed by atoms with Crippen molar-refractivity contribution in [1.82, 2.24) is 19.8 Å². The predicted octanol–water partition coefficient (Wildman–Crippen LogP) is 1.69. The van der Waals surface area contributed by atoms with Crippen LogP contribution >= 0.6 is 0 Å². The smallest absolute Gasteiger partial charge is 0.407 e. The maximum atomic E-state index is 12.2. The van der Waals surface area contributed by atoms with Crippen molar-refractivity contribution in [2.24, 2.45) is 4.99 Å². The number of allylic oxidation sites excluding steroid dienone is 3. The number of aliphatic imine (C=N–C) groups is 1. The van der Waals surface area contributed by atoms with Crippen LogP contribution in [0.4, 0.5) is 4.79 Å². The van der Waals surface area contributed by atoms with Gasteiger partial charge in [-0.05, 0) is 25.0 Å². The summed E-state index contributed by atoms with van der Waals surface area (Å²) in [4.78, 5) is 38.0. The molecule has 9 heteroatoms. The van der Waals surface area contributed by atoms with Gasteiger partial charge in [-0.2, -0.15) is 0 Å². The molecule has 0 spiro atoms. The van der Waals surface area contributed by atoms with Crippen LogP contribution in [0.5, 0.6) is 0 Å². The summed E-state index contributed by atoms with van der Waals surface area (Å²) in [5, 5.41) is 8.41. The second kappa shape index (κ2) is 8.54. The Morgan fingerprint density at radius 2 is 1.93 bits per heavy atom. The monoisotopic (exact) mass is 371 g/mol. The van der Waals surface area contributed by atoms with E-state index < -0.39 is 6.09 Å². The molecule has 0 unspecified atom stereocenters. The Morgan fingerprint density at radius 1 is 1.19 bits per heavy atom. The average molecular weight is 371 g/mol. The molecule has 142 valence electrons. The van der Waals surface area contributed by atoms with Crippen LogP contribution < -0.4 is 0 Å². The normalized spacial score (nSPS) is 18.8. The van der Waals surface area contributed by atoms with Gasteiger partial charge in [-0.25, -0.2) is 14.8 Å². The minimum absolute atomic E-state index is 0.124. The molecule has 3 aliphatic rings. The molecule has 4 heterocycles. The van der Waals surface area contributed by atoms with E-state index in [1.165, 1.54) is 11.1 Å². The third-order valence-corrected chi connectivity index (χ3v) is 4.23. The summed E-state index contributed by atoms with van der Waals surface area (Å²) in [7, 11) is 0. The van der Waals surface area contributed by atoms with Gasteiger partial charge in [0.05, 0.1) is 25.5 Å². The first-order chi connectivity index (χ1) is 13.1.